The molecule has 0 aliphatic heterocycles. The predicted octanol–water partition coefficient (Wildman–Crippen LogP) is 2.07. The van der Waals surface area contributed by atoms with Crippen molar-refractivity contribution in [2.45, 2.75) is 13.2 Å². The molecule has 9 nitrogen and oxygen atoms in total. The molecule has 0 spiro atoms. The van der Waals surface area contributed by atoms with E-state index in [4.69, 9.17) is 10.5 Å². The summed E-state index contributed by atoms with van der Waals surface area (Å²) in [6, 6.07) is 7.06. The van der Waals surface area contributed by atoms with Crippen LogP contribution in [0.1, 0.15) is 27.3 Å². The summed E-state index contributed by atoms with van der Waals surface area (Å²) in [4.78, 5) is 15.5. The van der Waals surface area contributed by atoms with Gasteiger partial charge in [-0.25, -0.2) is 14.2 Å². The van der Waals surface area contributed by atoms with Gasteiger partial charge in [-0.2, -0.15) is 10.4 Å². The molecule has 0 unspecified atom stereocenters. The summed E-state index contributed by atoms with van der Waals surface area (Å²) in [6.07, 6.45) is 1.50. The first kappa shape index (κ1) is 20.8. The quantitative estimate of drug-likeness (QED) is 0.538. The standard InChI is InChI=1S/C20H19FN6O3/c1-24-9-15-18(16(7-22)27(2)26-15)11-6-17(19(23)25-8-11)30-10-12-5-13(21)3-4-14(12)20(28)29/h3-6,8,24H,9-10H2,1-2H3,(H2,23,25)(H,28,29). The molecule has 0 amide bonds. The molecule has 3 rings (SSSR count). The first-order chi connectivity index (χ1) is 14.3. The monoisotopic (exact) mass is 410 g/mol. The summed E-state index contributed by atoms with van der Waals surface area (Å²) in [5, 5.41) is 26.2. The van der Waals surface area contributed by atoms with E-state index in [9.17, 15) is 19.6 Å². The number of ether oxygens (including phenoxy) is 1. The number of anilines is 1. The van der Waals surface area contributed by atoms with Crippen LogP contribution in [0.2, 0.25) is 0 Å². The van der Waals surface area contributed by atoms with Gasteiger partial charge in [0.05, 0.1) is 11.3 Å². The zero-order valence-corrected chi connectivity index (χ0v) is 16.3. The maximum absolute atomic E-state index is 13.6. The van der Waals surface area contributed by atoms with Crippen molar-refractivity contribution in [1.29, 1.82) is 5.26 Å². The minimum atomic E-state index is -1.20. The van der Waals surface area contributed by atoms with Gasteiger partial charge in [0.2, 0.25) is 0 Å². The number of nitrogen functional groups attached to an aromatic ring is 1. The number of hydrogen-bond donors (Lipinski definition) is 3. The van der Waals surface area contributed by atoms with Crippen molar-refractivity contribution in [3.63, 3.8) is 0 Å². The number of nitriles is 1. The average Bonchev–Trinajstić information content (AvgIpc) is 3.02. The highest BCUT2D eigenvalue weighted by molar-refractivity contribution is 5.89. The number of rotatable bonds is 7. The smallest absolute Gasteiger partial charge is 0.336 e. The van der Waals surface area contributed by atoms with E-state index in [2.05, 4.69) is 21.5 Å². The number of aryl methyl sites for hydroxylation is 1. The number of nitrogens with zero attached hydrogens (tertiary/aromatic N) is 4. The molecule has 0 saturated heterocycles. The van der Waals surface area contributed by atoms with Crippen LogP contribution in [0.3, 0.4) is 0 Å². The lowest BCUT2D eigenvalue weighted by atomic mass is 10.0. The van der Waals surface area contributed by atoms with Crippen LogP contribution < -0.4 is 15.8 Å². The molecule has 0 bridgehead atoms. The van der Waals surface area contributed by atoms with Crippen LogP contribution in [0, 0.1) is 17.1 Å². The summed E-state index contributed by atoms with van der Waals surface area (Å²) in [5.41, 5.74) is 8.13. The maximum atomic E-state index is 13.6. The van der Waals surface area contributed by atoms with Gasteiger partial charge in [-0.05, 0) is 31.3 Å². The summed E-state index contributed by atoms with van der Waals surface area (Å²) in [5.74, 6) is -1.52. The summed E-state index contributed by atoms with van der Waals surface area (Å²) >= 11 is 0. The normalized spacial score (nSPS) is 10.6. The number of carbonyl (C=O) groups is 1. The Morgan fingerprint density at radius 2 is 2.20 bits per heavy atom. The Morgan fingerprint density at radius 1 is 1.43 bits per heavy atom. The number of benzene rings is 1. The number of carboxylic acid groups (broad SMARTS) is 1. The molecule has 1 aromatic carbocycles. The van der Waals surface area contributed by atoms with Crippen molar-refractivity contribution in [3.05, 3.63) is 58.8 Å². The highest BCUT2D eigenvalue weighted by Gasteiger charge is 2.19. The molecule has 2 heterocycles. The fourth-order valence-corrected chi connectivity index (χ4v) is 3.06. The second-order valence-electron chi connectivity index (χ2n) is 6.44. The average molecular weight is 410 g/mol. The van der Waals surface area contributed by atoms with Crippen LogP contribution in [0.25, 0.3) is 11.1 Å². The molecule has 0 saturated carbocycles. The second kappa shape index (κ2) is 8.59. The molecule has 0 aliphatic carbocycles. The van der Waals surface area contributed by atoms with Crippen molar-refractivity contribution < 1.29 is 19.0 Å². The molecule has 154 valence electrons. The van der Waals surface area contributed by atoms with E-state index in [-0.39, 0.29) is 29.3 Å². The van der Waals surface area contributed by atoms with Gasteiger partial charge in [0.25, 0.3) is 0 Å². The Balaban J connectivity index is 1.98. The fraction of sp³-hybridized carbons (Fsp3) is 0.200. The Bertz CT molecular complexity index is 1150. The van der Waals surface area contributed by atoms with Crippen molar-refractivity contribution in [1.82, 2.24) is 20.1 Å². The summed E-state index contributed by atoms with van der Waals surface area (Å²) in [6.45, 7) is 0.201. The third-order valence-electron chi connectivity index (χ3n) is 4.42. The molecular formula is C20H19FN6O3. The van der Waals surface area contributed by atoms with Gasteiger partial charge in [-0.15, -0.1) is 0 Å². The topological polar surface area (TPSA) is 139 Å². The fourth-order valence-electron chi connectivity index (χ4n) is 3.06. The minimum absolute atomic E-state index is 0.0737. The van der Waals surface area contributed by atoms with Gasteiger partial charge in [0.1, 0.15) is 24.2 Å². The third kappa shape index (κ3) is 4.06. The predicted molar refractivity (Wildman–Crippen MR) is 106 cm³/mol. The zero-order valence-electron chi connectivity index (χ0n) is 16.3. The SMILES string of the molecule is CNCc1nn(C)c(C#N)c1-c1cnc(N)c(OCc2cc(F)ccc2C(=O)O)c1. The van der Waals surface area contributed by atoms with Crippen LogP contribution >= 0.6 is 0 Å². The van der Waals surface area contributed by atoms with Crippen LogP contribution in [-0.2, 0) is 20.2 Å². The largest absolute Gasteiger partial charge is 0.485 e. The number of carboxylic acids is 1. The van der Waals surface area contributed by atoms with Crippen molar-refractivity contribution in [2.75, 3.05) is 12.8 Å². The lowest BCUT2D eigenvalue weighted by molar-refractivity contribution is 0.0694. The van der Waals surface area contributed by atoms with Crippen LogP contribution in [0.15, 0.2) is 30.5 Å². The van der Waals surface area contributed by atoms with Crippen LogP contribution in [0.4, 0.5) is 10.2 Å². The van der Waals surface area contributed by atoms with Gasteiger partial charge in [0.15, 0.2) is 11.6 Å². The summed E-state index contributed by atoms with van der Waals surface area (Å²) < 4.78 is 20.7. The first-order valence-corrected chi connectivity index (χ1v) is 8.86. The Hall–Kier alpha value is -3.97. The number of halogens is 1. The number of hydrogen-bond acceptors (Lipinski definition) is 7. The van der Waals surface area contributed by atoms with Crippen molar-refractivity contribution in [3.8, 4) is 22.9 Å². The van der Waals surface area contributed by atoms with Gasteiger partial charge < -0.3 is 20.9 Å². The number of nitrogens with one attached hydrogen (secondary N) is 1. The molecule has 0 atom stereocenters. The molecule has 2 aromatic heterocycles. The second-order valence-corrected chi connectivity index (χ2v) is 6.44. The highest BCUT2D eigenvalue weighted by Crippen LogP contribution is 2.32. The zero-order chi connectivity index (χ0) is 21.8. The number of aromatic carboxylic acids is 1. The van der Waals surface area contributed by atoms with Crippen LogP contribution in [-0.4, -0.2) is 32.9 Å². The van der Waals surface area contributed by atoms with E-state index < -0.39 is 11.8 Å². The molecule has 0 radical (unpaired) electrons. The number of aromatic nitrogens is 3. The van der Waals surface area contributed by atoms with Crippen LogP contribution in [0.5, 0.6) is 5.75 Å². The van der Waals surface area contributed by atoms with E-state index in [0.29, 0.717) is 29.1 Å². The van der Waals surface area contributed by atoms with Crippen molar-refractivity contribution in [2.24, 2.45) is 7.05 Å². The Morgan fingerprint density at radius 3 is 2.87 bits per heavy atom. The maximum Gasteiger partial charge on any atom is 0.336 e. The first-order valence-electron chi connectivity index (χ1n) is 8.86. The molecular weight excluding hydrogens is 391 g/mol. The third-order valence-corrected chi connectivity index (χ3v) is 4.42. The van der Waals surface area contributed by atoms with E-state index in [1.54, 1.807) is 20.2 Å². The molecule has 10 heteroatoms. The number of nitrogens with two attached hydrogens (primary N) is 1. The molecule has 4 N–H and O–H groups in total. The summed E-state index contributed by atoms with van der Waals surface area (Å²) in [7, 11) is 3.43. The van der Waals surface area contributed by atoms with Gasteiger partial charge >= 0.3 is 5.97 Å². The Kier molecular flexibility index (Phi) is 5.94. The molecule has 0 fully saturated rings. The van der Waals surface area contributed by atoms with E-state index in [1.807, 2.05) is 0 Å². The lowest BCUT2D eigenvalue weighted by Crippen LogP contribution is -2.08. The Labute approximate surface area is 171 Å². The molecule has 30 heavy (non-hydrogen) atoms. The van der Waals surface area contributed by atoms with Gasteiger partial charge in [-0.1, -0.05) is 0 Å². The molecule has 3 aromatic rings. The van der Waals surface area contributed by atoms with E-state index in [0.717, 1.165) is 12.1 Å². The lowest BCUT2D eigenvalue weighted by Gasteiger charge is -2.12. The number of pyridine rings is 1. The minimum Gasteiger partial charge on any atom is -0.485 e. The van der Waals surface area contributed by atoms with Crippen molar-refractivity contribution >= 4 is 11.8 Å². The molecule has 0 aliphatic rings. The van der Waals surface area contributed by atoms with Gasteiger partial charge in [0, 0.05) is 36.5 Å². The highest BCUT2D eigenvalue weighted by atomic mass is 19.1. The van der Waals surface area contributed by atoms with E-state index >= 15 is 0 Å². The van der Waals surface area contributed by atoms with Gasteiger partial charge in [-0.3, -0.25) is 4.68 Å². The van der Waals surface area contributed by atoms with E-state index in [1.165, 1.54) is 16.9 Å².